The molecule has 3 aliphatic rings. The van der Waals surface area contributed by atoms with Gasteiger partial charge in [-0.15, -0.1) is 0 Å². The summed E-state index contributed by atoms with van der Waals surface area (Å²) in [6.07, 6.45) is 6.34. The zero-order valence-electron chi connectivity index (χ0n) is 15.5. The molecule has 1 aliphatic carbocycles. The zero-order valence-corrected chi connectivity index (χ0v) is 15.5. The molecule has 0 spiro atoms. The van der Waals surface area contributed by atoms with Crippen LogP contribution in [-0.2, 0) is 17.6 Å². The summed E-state index contributed by atoms with van der Waals surface area (Å²) in [7, 11) is 0. The molecule has 0 unspecified atom stereocenters. The molecule has 0 aromatic heterocycles. The molecule has 1 aromatic carbocycles. The molecule has 1 amide bonds. The van der Waals surface area contributed by atoms with Gasteiger partial charge in [-0.3, -0.25) is 9.69 Å². The van der Waals surface area contributed by atoms with Crippen molar-refractivity contribution in [2.45, 2.75) is 64.2 Å². The molecule has 25 heavy (non-hydrogen) atoms. The number of morpholine rings is 1. The van der Waals surface area contributed by atoms with E-state index in [1.807, 2.05) is 6.07 Å². The molecule has 136 valence electrons. The number of aryl methyl sites for hydroxylation is 2. The number of carbonyl (C=O) groups excluding carboxylic acids is 1. The Morgan fingerprint density at radius 3 is 2.68 bits per heavy atom. The third-order valence-corrected chi connectivity index (χ3v) is 5.95. The van der Waals surface area contributed by atoms with E-state index in [2.05, 4.69) is 35.8 Å². The monoisotopic (exact) mass is 342 g/mol. The Bertz CT molecular complexity index is 635. The van der Waals surface area contributed by atoms with E-state index in [1.54, 1.807) is 0 Å². The molecular weight excluding hydrogens is 312 g/mol. The van der Waals surface area contributed by atoms with Gasteiger partial charge in [0, 0.05) is 37.8 Å². The first-order valence-electron chi connectivity index (χ1n) is 9.91. The summed E-state index contributed by atoms with van der Waals surface area (Å²) < 4.78 is 5.84. The van der Waals surface area contributed by atoms with Gasteiger partial charge in [0.2, 0.25) is 0 Å². The number of nitrogens with zero attached hydrogens (tertiary/aromatic N) is 2. The number of hydrogen-bond acceptors (Lipinski definition) is 3. The average molecular weight is 342 g/mol. The van der Waals surface area contributed by atoms with Crippen molar-refractivity contribution in [1.82, 2.24) is 9.80 Å². The molecule has 0 N–H and O–H groups in total. The van der Waals surface area contributed by atoms with Crippen LogP contribution in [-0.4, -0.2) is 60.1 Å². The lowest BCUT2D eigenvalue weighted by molar-refractivity contribution is -0.0715. The summed E-state index contributed by atoms with van der Waals surface area (Å²) >= 11 is 0. The molecule has 4 rings (SSSR count). The maximum atomic E-state index is 13.1. The molecule has 2 fully saturated rings. The number of rotatable bonds is 3. The van der Waals surface area contributed by atoms with E-state index in [0.717, 1.165) is 51.0 Å². The summed E-state index contributed by atoms with van der Waals surface area (Å²) in [5.74, 6) is 0.228. The van der Waals surface area contributed by atoms with E-state index >= 15 is 0 Å². The van der Waals surface area contributed by atoms with Gasteiger partial charge in [0.05, 0.1) is 12.2 Å². The predicted molar refractivity (Wildman–Crippen MR) is 99.0 cm³/mol. The third-order valence-electron chi connectivity index (χ3n) is 5.95. The fourth-order valence-corrected chi connectivity index (χ4v) is 4.90. The number of carbonyl (C=O) groups is 1. The number of hydrogen-bond donors (Lipinski definition) is 0. The van der Waals surface area contributed by atoms with E-state index in [4.69, 9.17) is 4.74 Å². The van der Waals surface area contributed by atoms with Crippen molar-refractivity contribution in [3.8, 4) is 0 Å². The Labute approximate surface area is 151 Å². The predicted octanol–water partition coefficient (Wildman–Crippen LogP) is 2.89. The summed E-state index contributed by atoms with van der Waals surface area (Å²) in [6.45, 7) is 8.11. The number of benzene rings is 1. The number of amides is 1. The van der Waals surface area contributed by atoms with Crippen LogP contribution < -0.4 is 0 Å². The molecular formula is C21H30N2O2. The Kier molecular flexibility index (Phi) is 4.83. The molecule has 0 radical (unpaired) electrons. The summed E-state index contributed by atoms with van der Waals surface area (Å²) in [5.41, 5.74) is 3.71. The van der Waals surface area contributed by atoms with Crippen LogP contribution in [0.25, 0.3) is 0 Å². The van der Waals surface area contributed by atoms with Crippen LogP contribution in [0.3, 0.4) is 0 Å². The smallest absolute Gasteiger partial charge is 0.254 e. The topological polar surface area (TPSA) is 32.8 Å². The van der Waals surface area contributed by atoms with Crippen LogP contribution in [0.1, 0.15) is 54.6 Å². The van der Waals surface area contributed by atoms with E-state index < -0.39 is 0 Å². The molecule has 2 saturated heterocycles. The number of likely N-dealkylation sites (tertiary alicyclic amines) is 1. The van der Waals surface area contributed by atoms with Crippen LogP contribution in [0.15, 0.2) is 18.2 Å². The van der Waals surface area contributed by atoms with Crippen molar-refractivity contribution in [3.05, 3.63) is 34.9 Å². The highest BCUT2D eigenvalue weighted by Gasteiger charge is 2.33. The molecule has 4 heteroatoms. The van der Waals surface area contributed by atoms with Crippen molar-refractivity contribution in [2.75, 3.05) is 26.2 Å². The maximum absolute atomic E-state index is 13.1. The first-order valence-corrected chi connectivity index (χ1v) is 9.91. The normalized spacial score (nSPS) is 29.8. The molecule has 0 bridgehead atoms. The second-order valence-corrected chi connectivity index (χ2v) is 8.11. The quantitative estimate of drug-likeness (QED) is 0.847. The SMILES string of the molecule is C[C@@H]1CN(C[C@H]2CCCN2C(=O)c2ccc3c(c2)CCC3)C[C@H](C)O1. The van der Waals surface area contributed by atoms with Crippen molar-refractivity contribution in [2.24, 2.45) is 0 Å². The van der Waals surface area contributed by atoms with Crippen molar-refractivity contribution in [1.29, 1.82) is 0 Å². The van der Waals surface area contributed by atoms with Crippen molar-refractivity contribution in [3.63, 3.8) is 0 Å². The van der Waals surface area contributed by atoms with E-state index in [-0.39, 0.29) is 18.1 Å². The van der Waals surface area contributed by atoms with Crippen molar-refractivity contribution < 1.29 is 9.53 Å². The fourth-order valence-electron chi connectivity index (χ4n) is 4.90. The van der Waals surface area contributed by atoms with Gasteiger partial charge in [0.15, 0.2) is 0 Å². The Hall–Kier alpha value is -1.39. The minimum absolute atomic E-state index is 0.228. The molecule has 0 saturated carbocycles. The molecule has 4 nitrogen and oxygen atoms in total. The lowest BCUT2D eigenvalue weighted by Gasteiger charge is -2.38. The van der Waals surface area contributed by atoms with Gasteiger partial charge in [-0.05, 0) is 69.2 Å². The highest BCUT2D eigenvalue weighted by Crippen LogP contribution is 2.26. The zero-order chi connectivity index (χ0) is 17.4. The molecule has 1 aromatic rings. The van der Waals surface area contributed by atoms with Gasteiger partial charge in [-0.2, -0.15) is 0 Å². The lowest BCUT2D eigenvalue weighted by atomic mass is 10.0. The Morgan fingerprint density at radius 1 is 1.12 bits per heavy atom. The lowest BCUT2D eigenvalue weighted by Crippen LogP contribution is -2.50. The summed E-state index contributed by atoms with van der Waals surface area (Å²) in [5, 5.41) is 0. The minimum Gasteiger partial charge on any atom is -0.373 e. The summed E-state index contributed by atoms with van der Waals surface area (Å²) in [4.78, 5) is 17.7. The first kappa shape index (κ1) is 17.0. The van der Waals surface area contributed by atoms with Gasteiger partial charge in [0.1, 0.15) is 0 Å². The molecule has 2 aliphatic heterocycles. The molecule has 2 heterocycles. The second-order valence-electron chi connectivity index (χ2n) is 8.11. The van der Waals surface area contributed by atoms with Gasteiger partial charge < -0.3 is 9.64 Å². The largest absolute Gasteiger partial charge is 0.373 e. The van der Waals surface area contributed by atoms with Crippen LogP contribution in [0, 0.1) is 0 Å². The standard InChI is InChI=1S/C21H30N2O2/c1-15-12-22(13-16(2)25-15)14-20-7-4-10-23(20)21(24)19-9-8-17-5-3-6-18(17)11-19/h8-9,11,15-16,20H,3-7,10,12-14H2,1-2H3/t15-,16+,20-/m1/s1. The minimum atomic E-state index is 0.228. The summed E-state index contributed by atoms with van der Waals surface area (Å²) in [6, 6.07) is 6.71. The fraction of sp³-hybridized carbons (Fsp3) is 0.667. The van der Waals surface area contributed by atoms with Gasteiger partial charge in [-0.25, -0.2) is 0 Å². The van der Waals surface area contributed by atoms with Crippen molar-refractivity contribution >= 4 is 5.91 Å². The van der Waals surface area contributed by atoms with Gasteiger partial charge >= 0.3 is 0 Å². The van der Waals surface area contributed by atoms with Gasteiger partial charge in [-0.1, -0.05) is 6.07 Å². The van der Waals surface area contributed by atoms with Crippen LogP contribution >= 0.6 is 0 Å². The number of fused-ring (bicyclic) bond motifs is 1. The second kappa shape index (κ2) is 7.08. The van der Waals surface area contributed by atoms with E-state index in [9.17, 15) is 4.79 Å². The average Bonchev–Trinajstić information content (AvgIpc) is 3.21. The highest BCUT2D eigenvalue weighted by molar-refractivity contribution is 5.95. The van der Waals surface area contributed by atoms with E-state index in [1.165, 1.54) is 24.0 Å². The maximum Gasteiger partial charge on any atom is 0.254 e. The number of ether oxygens (including phenoxy) is 1. The first-order chi connectivity index (χ1) is 12.1. The Balaban J connectivity index is 1.45. The van der Waals surface area contributed by atoms with E-state index in [0.29, 0.717) is 6.04 Å². The van der Waals surface area contributed by atoms with Crippen LogP contribution in [0.2, 0.25) is 0 Å². The van der Waals surface area contributed by atoms with Crippen LogP contribution in [0.5, 0.6) is 0 Å². The van der Waals surface area contributed by atoms with Gasteiger partial charge in [0.25, 0.3) is 5.91 Å². The third kappa shape index (κ3) is 3.61. The molecule has 3 atom stereocenters. The Morgan fingerprint density at radius 2 is 1.88 bits per heavy atom. The highest BCUT2D eigenvalue weighted by atomic mass is 16.5. The van der Waals surface area contributed by atoms with Crippen LogP contribution in [0.4, 0.5) is 0 Å².